The summed E-state index contributed by atoms with van der Waals surface area (Å²) in [4.78, 5) is 31.2. The predicted molar refractivity (Wildman–Crippen MR) is 136 cm³/mol. The maximum Gasteiger partial charge on any atom is 0.322 e. The van der Waals surface area contributed by atoms with Gasteiger partial charge in [-0.3, -0.25) is 4.79 Å². The topological polar surface area (TPSA) is 76.4 Å². The molecule has 3 rings (SSSR count). The van der Waals surface area contributed by atoms with Gasteiger partial charge in [-0.25, -0.2) is 4.79 Å². The Balaban J connectivity index is 1.78. The molecule has 176 valence electrons. The number of amides is 3. The van der Waals surface area contributed by atoms with Crippen LogP contribution < -0.4 is 5.32 Å². The number of carbonyl (C=O) groups is 2. The molecule has 3 amide bonds. The standard InChI is InChI=1S/C27H30N4O2S/c1-4-21(3)31(27(33)29-24-12-10-22(16-28)11-13-24)19-26(32)30(17-23-8-6-5-7-9-23)18-25-20(2)14-15-34-25/h5-15,21H,4,17-19H2,1-3H3,(H,29,33). The maximum absolute atomic E-state index is 13.5. The summed E-state index contributed by atoms with van der Waals surface area (Å²) >= 11 is 1.64. The van der Waals surface area contributed by atoms with Gasteiger partial charge in [0.05, 0.1) is 18.2 Å². The van der Waals surface area contributed by atoms with Crippen LogP contribution in [0.2, 0.25) is 0 Å². The molecule has 0 bridgehead atoms. The van der Waals surface area contributed by atoms with Gasteiger partial charge in [-0.15, -0.1) is 11.3 Å². The number of nitrogens with one attached hydrogen (secondary N) is 1. The number of nitriles is 1. The zero-order chi connectivity index (χ0) is 24.5. The smallest absolute Gasteiger partial charge is 0.322 e. The minimum Gasteiger partial charge on any atom is -0.332 e. The molecule has 1 N–H and O–H groups in total. The van der Waals surface area contributed by atoms with Gasteiger partial charge in [0.2, 0.25) is 5.91 Å². The Morgan fingerprint density at radius 3 is 2.35 bits per heavy atom. The molecule has 1 atom stereocenters. The van der Waals surface area contributed by atoms with E-state index in [2.05, 4.69) is 17.5 Å². The second-order valence-corrected chi connectivity index (χ2v) is 9.27. The molecule has 1 unspecified atom stereocenters. The molecule has 0 radical (unpaired) electrons. The normalized spacial score (nSPS) is 11.4. The lowest BCUT2D eigenvalue weighted by atomic mass is 10.2. The Labute approximate surface area is 205 Å². The zero-order valence-corrected chi connectivity index (χ0v) is 20.6. The molecule has 0 saturated heterocycles. The first kappa shape index (κ1) is 25.0. The fourth-order valence-electron chi connectivity index (χ4n) is 3.49. The van der Waals surface area contributed by atoms with E-state index in [1.54, 1.807) is 40.5 Å². The summed E-state index contributed by atoms with van der Waals surface area (Å²) in [5.41, 5.74) is 3.31. The SMILES string of the molecule is CCC(C)N(CC(=O)N(Cc1ccccc1)Cc1sccc1C)C(=O)Nc1ccc(C#N)cc1. The van der Waals surface area contributed by atoms with Gasteiger partial charge < -0.3 is 15.1 Å². The van der Waals surface area contributed by atoms with E-state index in [1.807, 2.05) is 61.4 Å². The number of nitrogens with zero attached hydrogens (tertiary/aromatic N) is 3. The van der Waals surface area contributed by atoms with Crippen LogP contribution in [0.3, 0.4) is 0 Å². The van der Waals surface area contributed by atoms with Crippen molar-refractivity contribution in [3.05, 3.63) is 87.6 Å². The van der Waals surface area contributed by atoms with Gasteiger partial charge in [-0.2, -0.15) is 5.26 Å². The number of aryl methyl sites for hydroxylation is 1. The molecule has 7 heteroatoms. The van der Waals surface area contributed by atoms with Crippen LogP contribution in [0, 0.1) is 18.3 Å². The van der Waals surface area contributed by atoms with Crippen LogP contribution in [0.4, 0.5) is 10.5 Å². The minimum absolute atomic E-state index is 0.0195. The number of rotatable bonds is 9. The summed E-state index contributed by atoms with van der Waals surface area (Å²) in [6, 6.07) is 20.2. The van der Waals surface area contributed by atoms with E-state index in [9.17, 15) is 9.59 Å². The Bertz CT molecular complexity index is 1140. The molecule has 0 fully saturated rings. The van der Waals surface area contributed by atoms with Gasteiger partial charge >= 0.3 is 6.03 Å². The molecular weight excluding hydrogens is 444 g/mol. The van der Waals surface area contributed by atoms with Gasteiger partial charge in [0.15, 0.2) is 0 Å². The Morgan fingerprint density at radius 2 is 1.76 bits per heavy atom. The number of hydrogen-bond donors (Lipinski definition) is 1. The molecule has 2 aromatic carbocycles. The Morgan fingerprint density at radius 1 is 1.06 bits per heavy atom. The van der Waals surface area contributed by atoms with Gasteiger partial charge in [0.1, 0.15) is 6.54 Å². The third kappa shape index (κ3) is 6.69. The molecule has 0 aliphatic carbocycles. The van der Waals surface area contributed by atoms with E-state index in [0.29, 0.717) is 24.3 Å². The fourth-order valence-corrected chi connectivity index (χ4v) is 4.41. The van der Waals surface area contributed by atoms with Crippen molar-refractivity contribution in [1.29, 1.82) is 5.26 Å². The van der Waals surface area contributed by atoms with Crippen molar-refractivity contribution in [3.63, 3.8) is 0 Å². The summed E-state index contributed by atoms with van der Waals surface area (Å²) in [7, 11) is 0. The molecule has 6 nitrogen and oxygen atoms in total. The van der Waals surface area contributed by atoms with Crippen molar-refractivity contribution >= 4 is 29.0 Å². The first-order valence-electron chi connectivity index (χ1n) is 11.3. The van der Waals surface area contributed by atoms with Crippen LogP contribution in [0.15, 0.2) is 66.0 Å². The van der Waals surface area contributed by atoms with Crippen LogP contribution in [0.25, 0.3) is 0 Å². The van der Waals surface area contributed by atoms with E-state index in [1.165, 1.54) is 0 Å². The molecule has 0 aliphatic rings. The number of carbonyl (C=O) groups excluding carboxylic acids is 2. The summed E-state index contributed by atoms with van der Waals surface area (Å²) in [6.45, 7) is 6.94. The number of thiophene rings is 1. The minimum atomic E-state index is -0.334. The van der Waals surface area contributed by atoms with E-state index in [4.69, 9.17) is 5.26 Å². The molecule has 1 heterocycles. The van der Waals surface area contributed by atoms with Gasteiger partial charge in [-0.1, -0.05) is 37.3 Å². The first-order chi connectivity index (χ1) is 16.4. The van der Waals surface area contributed by atoms with E-state index >= 15 is 0 Å². The van der Waals surface area contributed by atoms with E-state index in [-0.39, 0.29) is 24.5 Å². The first-order valence-corrected chi connectivity index (χ1v) is 12.2. The molecule has 0 spiro atoms. The number of benzene rings is 2. The van der Waals surface area contributed by atoms with E-state index < -0.39 is 0 Å². The number of hydrogen-bond acceptors (Lipinski definition) is 4. The quantitative estimate of drug-likeness (QED) is 0.426. The number of urea groups is 1. The van der Waals surface area contributed by atoms with Crippen molar-refractivity contribution < 1.29 is 9.59 Å². The molecule has 1 aromatic heterocycles. The van der Waals surface area contributed by atoms with Crippen molar-refractivity contribution in [2.45, 2.75) is 46.3 Å². The van der Waals surface area contributed by atoms with Crippen LogP contribution in [-0.2, 0) is 17.9 Å². The molecule has 34 heavy (non-hydrogen) atoms. The lowest BCUT2D eigenvalue weighted by Crippen LogP contribution is -2.47. The Kier molecular flexibility index (Phi) is 8.83. The summed E-state index contributed by atoms with van der Waals surface area (Å²) in [5, 5.41) is 13.9. The zero-order valence-electron chi connectivity index (χ0n) is 19.8. The second kappa shape index (κ2) is 12.0. The lowest BCUT2D eigenvalue weighted by Gasteiger charge is -2.31. The average molecular weight is 475 g/mol. The molecule has 0 aliphatic heterocycles. The summed E-state index contributed by atoms with van der Waals surface area (Å²) in [6.07, 6.45) is 0.719. The highest BCUT2D eigenvalue weighted by Gasteiger charge is 2.25. The Hall–Kier alpha value is -3.63. The van der Waals surface area contributed by atoms with Crippen LogP contribution in [-0.4, -0.2) is 34.3 Å². The monoisotopic (exact) mass is 474 g/mol. The maximum atomic E-state index is 13.5. The van der Waals surface area contributed by atoms with Crippen LogP contribution >= 0.6 is 11.3 Å². The van der Waals surface area contributed by atoms with Crippen molar-refractivity contribution in [1.82, 2.24) is 9.80 Å². The van der Waals surface area contributed by atoms with Crippen LogP contribution in [0.5, 0.6) is 0 Å². The third-order valence-corrected chi connectivity index (χ3v) is 6.83. The van der Waals surface area contributed by atoms with Gasteiger partial charge in [-0.05, 0) is 67.1 Å². The summed E-state index contributed by atoms with van der Waals surface area (Å²) < 4.78 is 0. The highest BCUT2D eigenvalue weighted by molar-refractivity contribution is 7.10. The highest BCUT2D eigenvalue weighted by Crippen LogP contribution is 2.20. The highest BCUT2D eigenvalue weighted by atomic mass is 32.1. The second-order valence-electron chi connectivity index (χ2n) is 8.27. The summed E-state index contributed by atoms with van der Waals surface area (Å²) in [5.74, 6) is -0.105. The average Bonchev–Trinajstić information content (AvgIpc) is 3.26. The number of anilines is 1. The molecular formula is C27H30N4O2S. The fraction of sp³-hybridized carbons (Fsp3) is 0.296. The largest absolute Gasteiger partial charge is 0.332 e. The van der Waals surface area contributed by atoms with Crippen LogP contribution in [0.1, 0.15) is 41.8 Å². The van der Waals surface area contributed by atoms with E-state index in [0.717, 1.165) is 22.4 Å². The lowest BCUT2D eigenvalue weighted by molar-refractivity contribution is -0.133. The third-order valence-electron chi connectivity index (χ3n) is 5.83. The molecule has 3 aromatic rings. The predicted octanol–water partition coefficient (Wildman–Crippen LogP) is 5.79. The van der Waals surface area contributed by atoms with Gasteiger partial charge in [0, 0.05) is 23.2 Å². The molecule has 0 saturated carbocycles. The van der Waals surface area contributed by atoms with Gasteiger partial charge in [0.25, 0.3) is 0 Å². The van der Waals surface area contributed by atoms with Crippen molar-refractivity contribution in [2.75, 3.05) is 11.9 Å². The van der Waals surface area contributed by atoms with Crippen molar-refractivity contribution in [2.24, 2.45) is 0 Å². The van der Waals surface area contributed by atoms with Crippen molar-refractivity contribution in [3.8, 4) is 6.07 Å².